The van der Waals surface area contributed by atoms with Crippen molar-refractivity contribution in [3.05, 3.63) is 16.0 Å². The lowest BCUT2D eigenvalue weighted by atomic mass is 9.43. The van der Waals surface area contributed by atoms with E-state index in [1.54, 1.807) is 11.3 Å². The maximum absolute atomic E-state index is 13.6. The van der Waals surface area contributed by atoms with Gasteiger partial charge in [-0.1, -0.05) is 61.6 Å². The number of carbonyl (C=O) groups is 2. The molecule has 0 spiro atoms. The lowest BCUT2D eigenvalue weighted by Crippen LogP contribution is -2.71. The van der Waals surface area contributed by atoms with Crippen LogP contribution in [0.5, 0.6) is 0 Å². The van der Waals surface area contributed by atoms with Gasteiger partial charge in [0, 0.05) is 15.1 Å². The first-order chi connectivity index (χ1) is 13.1. The number of aryl methyl sites for hydroxylation is 1. The summed E-state index contributed by atoms with van der Waals surface area (Å²) >= 11 is 12.9. The molecule has 1 aromatic heterocycles. The third kappa shape index (κ3) is 2.43. The van der Waals surface area contributed by atoms with E-state index in [9.17, 15) is 9.59 Å². The minimum atomic E-state index is -0.495. The molecule has 28 heavy (non-hydrogen) atoms. The Balaban J connectivity index is 1.69. The van der Waals surface area contributed by atoms with Gasteiger partial charge in [-0.3, -0.25) is 4.79 Å². The zero-order valence-electron chi connectivity index (χ0n) is 16.2. The summed E-state index contributed by atoms with van der Waals surface area (Å²) in [4.78, 5) is 27.4. The van der Waals surface area contributed by atoms with Crippen LogP contribution in [0.2, 0.25) is 0 Å². The quantitative estimate of drug-likeness (QED) is 0.340. The van der Waals surface area contributed by atoms with Gasteiger partial charge in [0.1, 0.15) is 5.00 Å². The van der Waals surface area contributed by atoms with Gasteiger partial charge in [0.15, 0.2) is 0 Å². The number of alkyl halides is 3. The van der Waals surface area contributed by atoms with Gasteiger partial charge >= 0.3 is 5.97 Å². The number of hydrogen-bond donors (Lipinski definition) is 1. The number of amides is 1. The molecule has 3 fully saturated rings. The number of rotatable bonds is 4. The molecule has 154 valence electrons. The molecule has 0 radical (unpaired) electrons. The predicted octanol–water partition coefficient (Wildman–Crippen LogP) is 6.04. The smallest absolute Gasteiger partial charge is 0.341 e. The summed E-state index contributed by atoms with van der Waals surface area (Å²) in [6, 6.07) is 0. The predicted molar refractivity (Wildman–Crippen MR) is 123 cm³/mol. The topological polar surface area (TPSA) is 55.4 Å². The number of ether oxygens (including phenoxy) is 1. The van der Waals surface area contributed by atoms with E-state index < -0.39 is 5.41 Å². The van der Waals surface area contributed by atoms with Crippen molar-refractivity contribution in [2.24, 2.45) is 16.2 Å². The Bertz CT molecular complexity index is 852. The van der Waals surface area contributed by atoms with Crippen LogP contribution in [0.15, 0.2) is 0 Å². The number of carbonyl (C=O) groups excluding carboxylic acids is 2. The summed E-state index contributed by atoms with van der Waals surface area (Å²) in [5, 5.41) is 3.82. The number of hydrogen-bond acceptors (Lipinski definition) is 4. The van der Waals surface area contributed by atoms with Crippen LogP contribution < -0.4 is 5.32 Å². The lowest BCUT2D eigenvalue weighted by Gasteiger charge is -2.66. The second-order valence-electron chi connectivity index (χ2n) is 8.66. The van der Waals surface area contributed by atoms with Crippen molar-refractivity contribution in [2.45, 2.75) is 60.9 Å². The molecular weight excluding hydrogens is 574 g/mol. The first kappa shape index (κ1) is 21.3. The summed E-state index contributed by atoms with van der Waals surface area (Å²) in [6.45, 7) is 4.38. The molecule has 1 amide bonds. The number of fused-ring (bicyclic) bond motifs is 2. The first-order valence-corrected chi connectivity index (χ1v) is 13.2. The van der Waals surface area contributed by atoms with E-state index in [2.05, 4.69) is 67.0 Å². The molecule has 1 heterocycles. The fourth-order valence-corrected chi connectivity index (χ4v) is 12.1. The standard InChI is InChI=1S/C20H24Br3NO3S/c1-18(2)19(16(22)23)8-9-20(18,15(19)21)17(26)24-13-12(14(25)27-3)10-6-4-5-7-11(10)28-13/h15-16H,4-9H2,1-3H3,(H,24,26). The molecule has 3 atom stereocenters. The third-order valence-electron chi connectivity index (χ3n) is 7.68. The highest BCUT2D eigenvalue weighted by Crippen LogP contribution is 2.82. The number of halogens is 3. The van der Waals surface area contributed by atoms with Gasteiger partial charge in [-0.25, -0.2) is 4.79 Å². The average molecular weight is 598 g/mol. The fourth-order valence-electron chi connectivity index (χ4n) is 5.88. The van der Waals surface area contributed by atoms with Crippen molar-refractivity contribution < 1.29 is 14.3 Å². The number of methoxy groups -OCH3 is 1. The Labute approximate surface area is 194 Å². The van der Waals surface area contributed by atoms with Crippen molar-refractivity contribution in [2.75, 3.05) is 12.4 Å². The van der Waals surface area contributed by atoms with Crippen molar-refractivity contribution >= 4 is 76.0 Å². The Morgan fingerprint density at radius 1 is 1.21 bits per heavy atom. The van der Waals surface area contributed by atoms with Gasteiger partial charge in [0.2, 0.25) is 5.91 Å². The highest BCUT2D eigenvalue weighted by atomic mass is 79.9. The van der Waals surface area contributed by atoms with E-state index in [4.69, 9.17) is 4.74 Å². The molecule has 4 aliphatic rings. The second-order valence-corrected chi connectivity index (χ2v) is 13.7. The number of anilines is 1. The summed E-state index contributed by atoms with van der Waals surface area (Å²) in [6.07, 6.45) is 5.84. The van der Waals surface area contributed by atoms with Crippen LogP contribution in [0.4, 0.5) is 5.00 Å². The van der Waals surface area contributed by atoms with Gasteiger partial charge < -0.3 is 10.1 Å². The number of thiophene rings is 1. The monoisotopic (exact) mass is 595 g/mol. The largest absolute Gasteiger partial charge is 0.465 e. The maximum atomic E-state index is 13.6. The van der Waals surface area contributed by atoms with Gasteiger partial charge in [0.25, 0.3) is 0 Å². The Morgan fingerprint density at radius 3 is 2.46 bits per heavy atom. The molecular formula is C20H24Br3NO3S. The molecule has 0 saturated heterocycles. The highest BCUT2D eigenvalue weighted by molar-refractivity contribution is 9.24. The van der Waals surface area contributed by atoms with E-state index in [0.717, 1.165) is 44.1 Å². The average Bonchev–Trinajstić information content (AvgIpc) is 3.26. The summed E-state index contributed by atoms with van der Waals surface area (Å²) < 4.78 is 5.18. The third-order valence-corrected chi connectivity index (χ3v) is 12.1. The minimum absolute atomic E-state index is 0.0110. The van der Waals surface area contributed by atoms with E-state index in [-0.39, 0.29) is 31.3 Å². The van der Waals surface area contributed by atoms with E-state index >= 15 is 0 Å². The van der Waals surface area contributed by atoms with Gasteiger partial charge in [0.05, 0.1) is 21.8 Å². The molecule has 4 nitrogen and oxygen atoms in total. The van der Waals surface area contributed by atoms with Crippen LogP contribution in [0, 0.1) is 16.2 Å². The van der Waals surface area contributed by atoms with E-state index in [1.165, 1.54) is 12.0 Å². The van der Waals surface area contributed by atoms with Crippen LogP contribution in [0.1, 0.15) is 60.3 Å². The summed E-state index contributed by atoms with van der Waals surface area (Å²) in [5.41, 5.74) is 0.937. The van der Waals surface area contributed by atoms with Crippen LogP contribution in [-0.2, 0) is 22.4 Å². The van der Waals surface area contributed by atoms with Crippen molar-refractivity contribution in [3.8, 4) is 0 Å². The van der Waals surface area contributed by atoms with Crippen molar-refractivity contribution in [3.63, 3.8) is 0 Å². The maximum Gasteiger partial charge on any atom is 0.341 e. The van der Waals surface area contributed by atoms with Crippen LogP contribution >= 0.6 is 59.1 Å². The SMILES string of the molecule is COC(=O)c1c(NC(=O)C23CCC(C(Br)Br)(C2Br)C3(C)C)sc2c1CCCC2. The Kier molecular flexibility index (Phi) is 5.37. The molecule has 3 saturated carbocycles. The van der Waals surface area contributed by atoms with Crippen LogP contribution in [-0.4, -0.2) is 27.5 Å². The van der Waals surface area contributed by atoms with E-state index in [1.807, 2.05) is 0 Å². The van der Waals surface area contributed by atoms with Crippen LogP contribution in [0.25, 0.3) is 0 Å². The molecule has 2 bridgehead atoms. The molecule has 0 aromatic carbocycles. The Hall–Kier alpha value is 0.0800. The number of nitrogens with one attached hydrogen (secondary N) is 1. The summed E-state index contributed by atoms with van der Waals surface area (Å²) in [5.74, 6) is -0.339. The van der Waals surface area contributed by atoms with Gasteiger partial charge in [-0.05, 0) is 49.5 Å². The highest BCUT2D eigenvalue weighted by Gasteiger charge is 2.83. The van der Waals surface area contributed by atoms with Crippen molar-refractivity contribution in [1.82, 2.24) is 0 Å². The van der Waals surface area contributed by atoms with Crippen LogP contribution in [0.3, 0.4) is 0 Å². The molecule has 1 N–H and O–H groups in total. The van der Waals surface area contributed by atoms with Gasteiger partial charge in [-0.15, -0.1) is 11.3 Å². The number of esters is 1. The molecule has 1 aromatic rings. The molecule has 3 unspecified atom stereocenters. The first-order valence-electron chi connectivity index (χ1n) is 9.61. The zero-order valence-corrected chi connectivity index (χ0v) is 21.7. The second kappa shape index (κ2) is 7.06. The fraction of sp³-hybridized carbons (Fsp3) is 0.700. The molecule has 4 aliphatic carbocycles. The Morgan fingerprint density at radius 2 is 1.89 bits per heavy atom. The van der Waals surface area contributed by atoms with E-state index in [0.29, 0.717) is 10.6 Å². The normalized spacial score (nSPS) is 32.6. The molecule has 5 rings (SSSR count). The van der Waals surface area contributed by atoms with Gasteiger partial charge in [-0.2, -0.15) is 0 Å². The molecule has 0 aliphatic heterocycles. The minimum Gasteiger partial charge on any atom is -0.465 e. The zero-order chi connectivity index (χ0) is 20.5. The summed E-state index contributed by atoms with van der Waals surface area (Å²) in [7, 11) is 1.40. The lowest BCUT2D eigenvalue weighted by molar-refractivity contribution is -0.155. The molecule has 8 heteroatoms. The van der Waals surface area contributed by atoms with Crippen molar-refractivity contribution in [1.29, 1.82) is 0 Å².